The van der Waals surface area contributed by atoms with E-state index in [0.717, 1.165) is 12.8 Å². The van der Waals surface area contributed by atoms with Gasteiger partial charge in [-0.05, 0) is 42.0 Å². The molecule has 1 aromatic rings. The SMILES string of the molecule is COc1cc(/C=C/C(=O)OCC(=O)N[C@@H]2CCC[C@H](C)[C@H]2C)ccc1O. The summed E-state index contributed by atoms with van der Waals surface area (Å²) in [4.78, 5) is 23.8. The van der Waals surface area contributed by atoms with E-state index in [2.05, 4.69) is 19.2 Å². The van der Waals surface area contributed by atoms with Gasteiger partial charge in [0.1, 0.15) is 0 Å². The minimum atomic E-state index is -0.600. The molecule has 0 heterocycles. The van der Waals surface area contributed by atoms with Crippen LogP contribution < -0.4 is 10.1 Å². The molecule has 2 rings (SSSR count). The van der Waals surface area contributed by atoms with Crippen molar-refractivity contribution < 1.29 is 24.2 Å². The molecule has 6 heteroatoms. The molecular weight excluding hydrogens is 334 g/mol. The highest BCUT2D eigenvalue weighted by Crippen LogP contribution is 2.29. The van der Waals surface area contributed by atoms with Gasteiger partial charge in [-0.1, -0.05) is 32.8 Å². The fourth-order valence-electron chi connectivity index (χ4n) is 3.18. The molecule has 2 N–H and O–H groups in total. The number of ether oxygens (including phenoxy) is 2. The Morgan fingerprint density at radius 2 is 2.08 bits per heavy atom. The average Bonchev–Trinajstić information content (AvgIpc) is 2.63. The monoisotopic (exact) mass is 361 g/mol. The molecule has 0 aromatic heterocycles. The van der Waals surface area contributed by atoms with Gasteiger partial charge in [-0.2, -0.15) is 0 Å². The Hall–Kier alpha value is -2.50. The van der Waals surface area contributed by atoms with Crippen LogP contribution >= 0.6 is 0 Å². The summed E-state index contributed by atoms with van der Waals surface area (Å²) in [6.45, 7) is 4.06. The van der Waals surface area contributed by atoms with Crippen LogP contribution in [0.3, 0.4) is 0 Å². The van der Waals surface area contributed by atoms with Crippen LogP contribution in [0.2, 0.25) is 0 Å². The molecule has 142 valence electrons. The molecule has 1 aliphatic rings. The molecule has 0 aliphatic heterocycles. The predicted octanol–water partition coefficient (Wildman–Crippen LogP) is 2.90. The average molecular weight is 361 g/mol. The molecule has 1 amide bonds. The minimum Gasteiger partial charge on any atom is -0.504 e. The normalized spacial score (nSPS) is 22.8. The molecule has 0 unspecified atom stereocenters. The molecule has 3 atom stereocenters. The number of hydrogen-bond acceptors (Lipinski definition) is 5. The zero-order chi connectivity index (χ0) is 19.1. The van der Waals surface area contributed by atoms with Gasteiger partial charge >= 0.3 is 5.97 Å². The van der Waals surface area contributed by atoms with E-state index in [4.69, 9.17) is 9.47 Å². The minimum absolute atomic E-state index is 0.0233. The zero-order valence-electron chi connectivity index (χ0n) is 15.5. The number of phenols is 1. The largest absolute Gasteiger partial charge is 0.504 e. The van der Waals surface area contributed by atoms with E-state index < -0.39 is 5.97 Å². The highest BCUT2D eigenvalue weighted by molar-refractivity contribution is 5.89. The lowest BCUT2D eigenvalue weighted by Crippen LogP contribution is -2.45. The summed E-state index contributed by atoms with van der Waals surface area (Å²) in [6.07, 6.45) is 6.04. The van der Waals surface area contributed by atoms with E-state index in [1.54, 1.807) is 12.1 Å². The zero-order valence-corrected chi connectivity index (χ0v) is 15.5. The summed E-state index contributed by atoms with van der Waals surface area (Å²) in [7, 11) is 1.45. The number of hydrogen-bond donors (Lipinski definition) is 2. The highest BCUT2D eigenvalue weighted by atomic mass is 16.5. The van der Waals surface area contributed by atoms with Gasteiger partial charge in [0.2, 0.25) is 0 Å². The summed E-state index contributed by atoms with van der Waals surface area (Å²) in [5.41, 5.74) is 0.672. The molecule has 0 radical (unpaired) electrons. The molecule has 1 aliphatic carbocycles. The molecule has 1 fully saturated rings. The van der Waals surface area contributed by atoms with E-state index in [1.807, 2.05) is 0 Å². The lowest BCUT2D eigenvalue weighted by atomic mass is 9.78. The number of aromatic hydroxyl groups is 1. The van der Waals surface area contributed by atoms with Crippen LogP contribution in [0, 0.1) is 11.8 Å². The van der Waals surface area contributed by atoms with Gasteiger partial charge in [-0.25, -0.2) is 4.79 Å². The van der Waals surface area contributed by atoms with Gasteiger partial charge in [-0.3, -0.25) is 4.79 Å². The van der Waals surface area contributed by atoms with Crippen molar-refractivity contribution in [2.45, 2.75) is 39.2 Å². The second kappa shape index (κ2) is 9.27. The van der Waals surface area contributed by atoms with Gasteiger partial charge in [0.15, 0.2) is 18.1 Å². The van der Waals surface area contributed by atoms with Crippen LogP contribution in [0.1, 0.15) is 38.7 Å². The van der Waals surface area contributed by atoms with Crippen molar-refractivity contribution in [1.29, 1.82) is 0 Å². The Morgan fingerprint density at radius 1 is 1.31 bits per heavy atom. The lowest BCUT2D eigenvalue weighted by molar-refractivity contribution is -0.144. The van der Waals surface area contributed by atoms with Crippen LogP contribution in [-0.2, 0) is 14.3 Å². The van der Waals surface area contributed by atoms with Crippen molar-refractivity contribution in [2.75, 3.05) is 13.7 Å². The maximum Gasteiger partial charge on any atom is 0.331 e. The number of amides is 1. The van der Waals surface area contributed by atoms with E-state index in [1.165, 1.54) is 31.7 Å². The number of carbonyl (C=O) groups excluding carboxylic acids is 2. The fourth-order valence-corrected chi connectivity index (χ4v) is 3.18. The van der Waals surface area contributed by atoms with E-state index in [9.17, 15) is 14.7 Å². The van der Waals surface area contributed by atoms with Crippen molar-refractivity contribution >= 4 is 18.0 Å². The molecule has 6 nitrogen and oxygen atoms in total. The highest BCUT2D eigenvalue weighted by Gasteiger charge is 2.28. The number of rotatable bonds is 6. The first-order valence-corrected chi connectivity index (χ1v) is 8.92. The number of benzene rings is 1. The summed E-state index contributed by atoms with van der Waals surface area (Å²) in [5, 5.41) is 12.5. The van der Waals surface area contributed by atoms with Gasteiger partial charge in [0, 0.05) is 12.1 Å². The number of nitrogens with one attached hydrogen (secondary N) is 1. The fraction of sp³-hybridized carbons (Fsp3) is 0.500. The van der Waals surface area contributed by atoms with Crippen molar-refractivity contribution in [2.24, 2.45) is 11.8 Å². The standard InChI is InChI=1S/C20H27NO5/c1-13-5-4-6-16(14(13)2)21-19(23)12-26-20(24)10-8-15-7-9-17(22)18(11-15)25-3/h7-11,13-14,16,22H,4-6,12H2,1-3H3,(H,21,23)/b10-8+/t13-,14+,16+/m0/s1. The first-order valence-electron chi connectivity index (χ1n) is 8.92. The number of methoxy groups -OCH3 is 1. The Kier molecular flexibility index (Phi) is 7.06. The van der Waals surface area contributed by atoms with Gasteiger partial charge in [0.25, 0.3) is 5.91 Å². The quantitative estimate of drug-likeness (QED) is 0.601. The second-order valence-electron chi connectivity index (χ2n) is 6.81. The Morgan fingerprint density at radius 3 is 2.81 bits per heavy atom. The molecule has 0 spiro atoms. The van der Waals surface area contributed by atoms with Crippen LogP contribution in [0.5, 0.6) is 11.5 Å². The topological polar surface area (TPSA) is 84.9 Å². The van der Waals surface area contributed by atoms with Crippen LogP contribution in [0.4, 0.5) is 0 Å². The Bertz CT molecular complexity index is 670. The van der Waals surface area contributed by atoms with Crippen molar-refractivity contribution in [3.05, 3.63) is 29.8 Å². The number of phenolic OH excluding ortho intramolecular Hbond substituents is 1. The molecule has 1 aromatic carbocycles. The Balaban J connectivity index is 1.80. The van der Waals surface area contributed by atoms with Crippen LogP contribution in [0.25, 0.3) is 6.08 Å². The third-order valence-corrected chi connectivity index (χ3v) is 5.01. The number of carbonyl (C=O) groups is 2. The summed E-state index contributed by atoms with van der Waals surface area (Å²) in [5.74, 6) is 0.474. The van der Waals surface area contributed by atoms with Crippen molar-refractivity contribution in [3.8, 4) is 11.5 Å². The van der Waals surface area contributed by atoms with E-state index in [-0.39, 0.29) is 24.3 Å². The smallest absolute Gasteiger partial charge is 0.331 e. The van der Waals surface area contributed by atoms with Crippen LogP contribution in [0.15, 0.2) is 24.3 Å². The maximum atomic E-state index is 12.0. The Labute approximate surface area is 154 Å². The summed E-state index contributed by atoms with van der Waals surface area (Å²) in [6, 6.07) is 4.85. The van der Waals surface area contributed by atoms with Crippen molar-refractivity contribution in [1.82, 2.24) is 5.32 Å². The molecule has 0 saturated heterocycles. The van der Waals surface area contributed by atoms with Gasteiger partial charge in [0.05, 0.1) is 7.11 Å². The molecular formula is C20H27NO5. The van der Waals surface area contributed by atoms with Gasteiger partial charge < -0.3 is 19.9 Å². The van der Waals surface area contributed by atoms with Gasteiger partial charge in [-0.15, -0.1) is 0 Å². The summed E-state index contributed by atoms with van der Waals surface area (Å²) >= 11 is 0. The van der Waals surface area contributed by atoms with Crippen LogP contribution in [-0.4, -0.2) is 36.7 Å². The predicted molar refractivity (Wildman–Crippen MR) is 98.8 cm³/mol. The molecule has 26 heavy (non-hydrogen) atoms. The van der Waals surface area contributed by atoms with E-state index in [0.29, 0.717) is 23.1 Å². The van der Waals surface area contributed by atoms with E-state index >= 15 is 0 Å². The number of esters is 1. The lowest BCUT2D eigenvalue weighted by Gasteiger charge is -2.34. The molecule has 0 bridgehead atoms. The second-order valence-corrected chi connectivity index (χ2v) is 6.81. The maximum absolute atomic E-state index is 12.0. The van der Waals surface area contributed by atoms with Crippen molar-refractivity contribution in [3.63, 3.8) is 0 Å². The first kappa shape index (κ1) is 19.8. The first-order chi connectivity index (χ1) is 12.4. The third kappa shape index (κ3) is 5.51. The molecule has 1 saturated carbocycles. The third-order valence-electron chi connectivity index (χ3n) is 5.01. The summed E-state index contributed by atoms with van der Waals surface area (Å²) < 4.78 is 10.00.